The molecule has 2 fully saturated rings. The maximum atomic E-state index is 12.8. The highest BCUT2D eigenvalue weighted by atomic mass is 16.5. The largest absolute Gasteiger partial charge is 0.491 e. The van der Waals surface area contributed by atoms with E-state index in [1.807, 2.05) is 43.0 Å². The minimum absolute atomic E-state index is 0.0681. The van der Waals surface area contributed by atoms with Crippen LogP contribution in [0.1, 0.15) is 24.2 Å². The van der Waals surface area contributed by atoms with Gasteiger partial charge in [0.05, 0.1) is 18.8 Å². The summed E-state index contributed by atoms with van der Waals surface area (Å²) in [6, 6.07) is 7.46. The number of fused-ring (bicyclic) bond motifs is 1. The van der Waals surface area contributed by atoms with Crippen molar-refractivity contribution in [1.29, 1.82) is 0 Å². The summed E-state index contributed by atoms with van der Waals surface area (Å²) in [5.74, 6) is 1.22. The first-order valence-electron chi connectivity index (χ1n) is 8.39. The molecule has 0 saturated carbocycles. The van der Waals surface area contributed by atoms with Gasteiger partial charge in [-0.25, -0.2) is 0 Å². The third kappa shape index (κ3) is 3.85. The fraction of sp³-hybridized carbons (Fsp3) is 0.611. The molecule has 0 unspecified atom stereocenters. The molecule has 1 aromatic rings. The van der Waals surface area contributed by atoms with Gasteiger partial charge in [-0.1, -0.05) is 6.07 Å². The number of hydrogen-bond acceptors (Lipinski definition) is 4. The van der Waals surface area contributed by atoms with Crippen molar-refractivity contribution in [3.8, 4) is 5.75 Å². The highest BCUT2D eigenvalue weighted by molar-refractivity contribution is 5.94. The van der Waals surface area contributed by atoms with Gasteiger partial charge in [-0.05, 0) is 39.1 Å². The Bertz CT molecular complexity index is 561. The lowest BCUT2D eigenvalue weighted by Crippen LogP contribution is -2.32. The minimum atomic E-state index is 0.0681. The predicted molar refractivity (Wildman–Crippen MR) is 88.8 cm³/mol. The van der Waals surface area contributed by atoms with Crippen molar-refractivity contribution in [2.24, 2.45) is 5.92 Å². The van der Waals surface area contributed by atoms with Gasteiger partial charge in [0, 0.05) is 37.7 Å². The Balaban J connectivity index is 1.69. The summed E-state index contributed by atoms with van der Waals surface area (Å²) in [7, 11) is 2.11. The van der Waals surface area contributed by atoms with Gasteiger partial charge in [0.1, 0.15) is 5.75 Å². The first-order chi connectivity index (χ1) is 11.0. The maximum Gasteiger partial charge on any atom is 0.254 e. The van der Waals surface area contributed by atoms with Gasteiger partial charge in [-0.3, -0.25) is 4.79 Å². The quantitative estimate of drug-likeness (QED) is 0.853. The third-order valence-corrected chi connectivity index (χ3v) is 4.47. The van der Waals surface area contributed by atoms with Gasteiger partial charge in [-0.2, -0.15) is 0 Å². The van der Waals surface area contributed by atoms with E-state index in [2.05, 4.69) is 11.9 Å². The van der Waals surface area contributed by atoms with Crippen LogP contribution in [0.3, 0.4) is 0 Å². The van der Waals surface area contributed by atoms with E-state index in [4.69, 9.17) is 9.47 Å². The molecule has 2 saturated heterocycles. The normalized spacial score (nSPS) is 25.3. The molecule has 0 bridgehead atoms. The fourth-order valence-corrected chi connectivity index (χ4v) is 3.38. The summed E-state index contributed by atoms with van der Waals surface area (Å²) in [4.78, 5) is 17.0. The van der Waals surface area contributed by atoms with Crippen LogP contribution >= 0.6 is 0 Å². The average molecular weight is 318 g/mol. The van der Waals surface area contributed by atoms with Crippen LogP contribution in [-0.4, -0.2) is 67.7 Å². The Labute approximate surface area is 138 Å². The Morgan fingerprint density at radius 2 is 2.13 bits per heavy atom. The average Bonchev–Trinajstić information content (AvgIpc) is 2.80. The Kier molecular flexibility index (Phi) is 4.87. The molecule has 2 atom stereocenters. The minimum Gasteiger partial charge on any atom is -0.491 e. The summed E-state index contributed by atoms with van der Waals surface area (Å²) in [5, 5.41) is 0. The molecular formula is C18H26N2O3. The number of ether oxygens (including phenoxy) is 2. The molecule has 0 spiro atoms. The van der Waals surface area contributed by atoms with Crippen molar-refractivity contribution < 1.29 is 14.3 Å². The zero-order valence-corrected chi connectivity index (χ0v) is 14.2. The number of benzene rings is 1. The number of likely N-dealkylation sites (tertiary alicyclic amines) is 1. The van der Waals surface area contributed by atoms with E-state index >= 15 is 0 Å². The molecule has 2 aliphatic heterocycles. The van der Waals surface area contributed by atoms with Crippen molar-refractivity contribution >= 4 is 5.91 Å². The molecule has 3 rings (SSSR count). The molecule has 2 aliphatic rings. The van der Waals surface area contributed by atoms with Crippen molar-refractivity contribution in [3.63, 3.8) is 0 Å². The first-order valence-corrected chi connectivity index (χ1v) is 8.39. The summed E-state index contributed by atoms with van der Waals surface area (Å²) in [6.45, 7) is 8.13. The molecule has 5 nitrogen and oxygen atoms in total. The predicted octanol–water partition coefficient (Wildman–Crippen LogP) is 1.88. The van der Waals surface area contributed by atoms with Gasteiger partial charge in [0.15, 0.2) is 0 Å². The number of hydrogen-bond donors (Lipinski definition) is 0. The smallest absolute Gasteiger partial charge is 0.254 e. The molecule has 1 aromatic carbocycles. The van der Waals surface area contributed by atoms with E-state index in [0.29, 0.717) is 18.0 Å². The molecule has 2 heterocycles. The number of carbonyl (C=O) groups excluding carboxylic acids is 1. The Hall–Kier alpha value is -1.59. The van der Waals surface area contributed by atoms with Crippen LogP contribution in [-0.2, 0) is 4.74 Å². The van der Waals surface area contributed by atoms with Gasteiger partial charge in [-0.15, -0.1) is 0 Å². The monoisotopic (exact) mass is 318 g/mol. The van der Waals surface area contributed by atoms with E-state index in [0.717, 1.165) is 32.0 Å². The molecule has 126 valence electrons. The third-order valence-electron chi connectivity index (χ3n) is 4.47. The Morgan fingerprint density at radius 1 is 1.30 bits per heavy atom. The highest BCUT2D eigenvalue weighted by Crippen LogP contribution is 2.25. The van der Waals surface area contributed by atoms with E-state index in [1.54, 1.807) is 0 Å². The molecular weight excluding hydrogens is 292 g/mol. The number of likely N-dealkylation sites (N-methyl/N-ethyl adjacent to an activating group) is 1. The van der Waals surface area contributed by atoms with Gasteiger partial charge in [0.2, 0.25) is 0 Å². The molecule has 0 aliphatic carbocycles. The van der Waals surface area contributed by atoms with Crippen LogP contribution in [0.15, 0.2) is 24.3 Å². The van der Waals surface area contributed by atoms with E-state index in [-0.39, 0.29) is 18.1 Å². The SMILES string of the molecule is CC(C)Oc1cccc(C(=O)N2C[C@@H]3CN(C)CCO[C@@H]3C2)c1. The van der Waals surface area contributed by atoms with E-state index in [9.17, 15) is 4.79 Å². The lowest BCUT2D eigenvalue weighted by molar-refractivity contribution is 0.0487. The summed E-state index contributed by atoms with van der Waals surface area (Å²) >= 11 is 0. The van der Waals surface area contributed by atoms with Crippen molar-refractivity contribution in [2.45, 2.75) is 26.1 Å². The van der Waals surface area contributed by atoms with Crippen LogP contribution in [0, 0.1) is 5.92 Å². The molecule has 0 radical (unpaired) electrons. The van der Waals surface area contributed by atoms with Gasteiger partial charge >= 0.3 is 0 Å². The summed E-state index contributed by atoms with van der Waals surface area (Å²) in [5.41, 5.74) is 0.688. The summed E-state index contributed by atoms with van der Waals surface area (Å²) in [6.07, 6.45) is 0.265. The zero-order chi connectivity index (χ0) is 16.4. The number of nitrogens with zero attached hydrogens (tertiary/aromatic N) is 2. The molecule has 1 amide bonds. The van der Waals surface area contributed by atoms with Crippen molar-refractivity contribution in [1.82, 2.24) is 9.80 Å². The van der Waals surface area contributed by atoms with Crippen LogP contribution in [0.5, 0.6) is 5.75 Å². The maximum absolute atomic E-state index is 12.8. The van der Waals surface area contributed by atoms with Gasteiger partial charge in [0.25, 0.3) is 5.91 Å². The second-order valence-corrected chi connectivity index (χ2v) is 6.84. The fourth-order valence-electron chi connectivity index (χ4n) is 3.38. The second-order valence-electron chi connectivity index (χ2n) is 6.84. The Morgan fingerprint density at radius 3 is 2.91 bits per heavy atom. The van der Waals surface area contributed by atoms with Crippen LogP contribution in [0.25, 0.3) is 0 Å². The number of amides is 1. The first kappa shape index (κ1) is 16.3. The number of rotatable bonds is 3. The van der Waals surface area contributed by atoms with Crippen LogP contribution in [0.4, 0.5) is 0 Å². The van der Waals surface area contributed by atoms with E-state index < -0.39 is 0 Å². The molecule has 0 aromatic heterocycles. The molecule has 23 heavy (non-hydrogen) atoms. The summed E-state index contributed by atoms with van der Waals surface area (Å²) < 4.78 is 11.6. The molecule has 5 heteroatoms. The van der Waals surface area contributed by atoms with E-state index in [1.165, 1.54) is 0 Å². The second kappa shape index (κ2) is 6.89. The number of carbonyl (C=O) groups is 1. The zero-order valence-electron chi connectivity index (χ0n) is 14.2. The van der Waals surface area contributed by atoms with Crippen molar-refractivity contribution in [2.75, 3.05) is 39.8 Å². The lowest BCUT2D eigenvalue weighted by Gasteiger charge is -2.19. The van der Waals surface area contributed by atoms with Gasteiger partial charge < -0.3 is 19.3 Å². The highest BCUT2D eigenvalue weighted by Gasteiger charge is 2.38. The lowest BCUT2D eigenvalue weighted by atomic mass is 10.1. The standard InChI is InChI=1S/C18H26N2O3/c1-13(2)23-16-6-4-5-14(9-16)18(21)20-11-15-10-19(3)7-8-22-17(15)12-20/h4-6,9,13,15,17H,7-8,10-12H2,1-3H3/t15-,17+/m0/s1. The van der Waals surface area contributed by atoms with Crippen LogP contribution < -0.4 is 4.74 Å². The van der Waals surface area contributed by atoms with Crippen LogP contribution in [0.2, 0.25) is 0 Å². The van der Waals surface area contributed by atoms with Crippen molar-refractivity contribution in [3.05, 3.63) is 29.8 Å². The topological polar surface area (TPSA) is 42.0 Å². The molecule has 0 N–H and O–H groups in total.